The number of aryl methyl sites for hydroxylation is 1. The number of benzene rings is 1. The fourth-order valence-corrected chi connectivity index (χ4v) is 2.18. The Morgan fingerprint density at radius 3 is 2.86 bits per heavy atom. The number of carbonyl (C=O) groups excluding carboxylic acids is 1. The number of aromatic nitrogens is 2. The molecule has 3 rings (SSSR count). The van der Waals surface area contributed by atoms with E-state index >= 15 is 0 Å². The van der Waals surface area contributed by atoms with E-state index in [4.69, 9.17) is 0 Å². The van der Waals surface area contributed by atoms with Crippen LogP contribution in [0.2, 0.25) is 0 Å². The molecule has 0 radical (unpaired) electrons. The molecule has 3 aromatic rings. The molecule has 2 amide bonds. The monoisotopic (exact) mass is 280 g/mol. The van der Waals surface area contributed by atoms with Gasteiger partial charge in [-0.3, -0.25) is 0 Å². The van der Waals surface area contributed by atoms with E-state index in [2.05, 4.69) is 15.7 Å². The number of nitrogens with one attached hydrogen (secondary N) is 2. The number of fused-ring (bicyclic) bond motifs is 1. The maximum Gasteiger partial charge on any atom is 0.319 e. The van der Waals surface area contributed by atoms with Crippen molar-refractivity contribution >= 4 is 17.2 Å². The summed E-state index contributed by atoms with van der Waals surface area (Å²) in [6.45, 7) is 2.39. The zero-order valence-corrected chi connectivity index (χ0v) is 11.7. The summed E-state index contributed by atoms with van der Waals surface area (Å²) in [7, 11) is 0. The minimum atomic E-state index is -0.223. The average Bonchev–Trinajstić information content (AvgIpc) is 2.91. The second kappa shape index (κ2) is 5.66. The Labute approximate surface area is 122 Å². The Kier molecular flexibility index (Phi) is 3.55. The summed E-state index contributed by atoms with van der Waals surface area (Å²) in [6, 6.07) is 13.3. The van der Waals surface area contributed by atoms with Crippen molar-refractivity contribution < 1.29 is 4.79 Å². The van der Waals surface area contributed by atoms with E-state index in [-0.39, 0.29) is 6.03 Å². The summed E-state index contributed by atoms with van der Waals surface area (Å²) in [5.74, 6) is 0. The Balaban J connectivity index is 1.65. The molecule has 0 unspecified atom stereocenters. The highest BCUT2D eigenvalue weighted by atomic mass is 16.2. The van der Waals surface area contributed by atoms with E-state index in [9.17, 15) is 4.79 Å². The summed E-state index contributed by atoms with van der Waals surface area (Å²) in [6.07, 6.45) is 3.65. The quantitative estimate of drug-likeness (QED) is 0.775. The molecule has 5 nitrogen and oxygen atoms in total. The van der Waals surface area contributed by atoms with Gasteiger partial charge < -0.3 is 10.6 Å². The molecule has 0 saturated heterocycles. The minimum absolute atomic E-state index is 0.223. The van der Waals surface area contributed by atoms with Crippen molar-refractivity contribution in [2.75, 3.05) is 5.32 Å². The highest BCUT2D eigenvalue weighted by Gasteiger charge is 2.06. The van der Waals surface area contributed by atoms with E-state index < -0.39 is 0 Å². The molecule has 21 heavy (non-hydrogen) atoms. The van der Waals surface area contributed by atoms with Gasteiger partial charge in [0.2, 0.25) is 0 Å². The molecule has 2 aromatic heterocycles. The summed E-state index contributed by atoms with van der Waals surface area (Å²) in [4.78, 5) is 11.9. The predicted molar refractivity (Wildman–Crippen MR) is 82.2 cm³/mol. The lowest BCUT2D eigenvalue weighted by atomic mass is 10.2. The molecule has 106 valence electrons. The third kappa shape index (κ3) is 2.86. The van der Waals surface area contributed by atoms with E-state index in [1.165, 1.54) is 0 Å². The highest BCUT2D eigenvalue weighted by molar-refractivity contribution is 5.90. The number of carbonyl (C=O) groups is 1. The van der Waals surface area contributed by atoms with Crippen LogP contribution in [-0.2, 0) is 6.54 Å². The standard InChI is InChI=1S/C16H16N4O/c1-12-6-2-3-7-14(12)19-16(21)17-10-13-11-18-20-9-5-4-8-15(13)20/h2-9,11H,10H2,1H3,(H2,17,19,21). The van der Waals surface area contributed by atoms with Crippen molar-refractivity contribution in [3.63, 3.8) is 0 Å². The second-order valence-electron chi connectivity index (χ2n) is 4.82. The van der Waals surface area contributed by atoms with Crippen LogP contribution in [0.25, 0.3) is 5.52 Å². The van der Waals surface area contributed by atoms with Crippen LogP contribution in [0.5, 0.6) is 0 Å². The number of urea groups is 1. The van der Waals surface area contributed by atoms with Crippen LogP contribution < -0.4 is 10.6 Å². The van der Waals surface area contributed by atoms with E-state index in [1.807, 2.05) is 55.6 Å². The maximum atomic E-state index is 11.9. The molecule has 0 spiro atoms. The van der Waals surface area contributed by atoms with Crippen molar-refractivity contribution in [1.82, 2.24) is 14.9 Å². The topological polar surface area (TPSA) is 58.4 Å². The van der Waals surface area contributed by atoms with Crippen LogP contribution in [0.3, 0.4) is 0 Å². The van der Waals surface area contributed by atoms with E-state index in [1.54, 1.807) is 10.7 Å². The first-order valence-electron chi connectivity index (χ1n) is 6.76. The first-order valence-corrected chi connectivity index (χ1v) is 6.76. The number of hydrogen-bond donors (Lipinski definition) is 2. The summed E-state index contributed by atoms with van der Waals surface area (Å²) in [5, 5.41) is 9.93. The van der Waals surface area contributed by atoms with Gasteiger partial charge >= 0.3 is 6.03 Å². The maximum absolute atomic E-state index is 11.9. The van der Waals surface area contributed by atoms with Crippen LogP contribution in [0.15, 0.2) is 54.9 Å². The summed E-state index contributed by atoms with van der Waals surface area (Å²) in [5.41, 5.74) is 3.82. The molecule has 0 aliphatic heterocycles. The van der Waals surface area contributed by atoms with Gasteiger partial charge in [-0.2, -0.15) is 5.10 Å². The van der Waals surface area contributed by atoms with Crippen LogP contribution in [-0.4, -0.2) is 15.6 Å². The number of anilines is 1. The number of rotatable bonds is 3. The fourth-order valence-electron chi connectivity index (χ4n) is 2.18. The second-order valence-corrected chi connectivity index (χ2v) is 4.82. The third-order valence-electron chi connectivity index (χ3n) is 3.34. The molecule has 1 aromatic carbocycles. The van der Waals surface area contributed by atoms with Crippen molar-refractivity contribution in [1.29, 1.82) is 0 Å². The average molecular weight is 280 g/mol. The Hall–Kier alpha value is -2.82. The first-order chi connectivity index (χ1) is 10.2. The van der Waals surface area contributed by atoms with Gasteiger partial charge in [-0.05, 0) is 30.7 Å². The van der Waals surface area contributed by atoms with Gasteiger partial charge in [-0.25, -0.2) is 9.31 Å². The summed E-state index contributed by atoms with van der Waals surface area (Å²) < 4.78 is 1.79. The van der Waals surface area contributed by atoms with E-state index in [0.29, 0.717) is 6.54 Å². The summed E-state index contributed by atoms with van der Waals surface area (Å²) >= 11 is 0. The van der Waals surface area contributed by atoms with Gasteiger partial charge in [-0.1, -0.05) is 24.3 Å². The zero-order chi connectivity index (χ0) is 14.7. The molecule has 5 heteroatoms. The van der Waals surface area contributed by atoms with Crippen molar-refractivity contribution in [3.8, 4) is 0 Å². The predicted octanol–water partition coefficient (Wildman–Crippen LogP) is 2.96. The Morgan fingerprint density at radius 1 is 1.19 bits per heavy atom. The van der Waals surface area contributed by atoms with Crippen LogP contribution in [0.1, 0.15) is 11.1 Å². The lowest BCUT2D eigenvalue weighted by Gasteiger charge is -2.09. The van der Waals surface area contributed by atoms with E-state index in [0.717, 1.165) is 22.3 Å². The number of nitrogens with zero attached hydrogens (tertiary/aromatic N) is 2. The van der Waals surface area contributed by atoms with Gasteiger partial charge in [0.25, 0.3) is 0 Å². The number of amides is 2. The Bertz CT molecular complexity index is 779. The van der Waals surface area contributed by atoms with Crippen molar-refractivity contribution in [2.45, 2.75) is 13.5 Å². The van der Waals surface area contributed by atoms with Crippen LogP contribution in [0, 0.1) is 6.92 Å². The third-order valence-corrected chi connectivity index (χ3v) is 3.34. The van der Waals surface area contributed by atoms with Crippen molar-refractivity contribution in [3.05, 3.63) is 66.0 Å². The molecule has 0 bridgehead atoms. The van der Waals surface area contributed by atoms with Gasteiger partial charge in [0.05, 0.1) is 11.7 Å². The van der Waals surface area contributed by atoms with Crippen LogP contribution >= 0.6 is 0 Å². The van der Waals surface area contributed by atoms with Gasteiger partial charge in [-0.15, -0.1) is 0 Å². The molecule has 0 saturated carbocycles. The SMILES string of the molecule is Cc1ccccc1NC(=O)NCc1cnn2ccccc12. The van der Waals surface area contributed by atoms with Crippen molar-refractivity contribution in [2.24, 2.45) is 0 Å². The highest BCUT2D eigenvalue weighted by Crippen LogP contribution is 2.13. The molecule has 2 heterocycles. The lowest BCUT2D eigenvalue weighted by molar-refractivity contribution is 0.252. The zero-order valence-electron chi connectivity index (χ0n) is 11.7. The Morgan fingerprint density at radius 2 is 2.00 bits per heavy atom. The molecule has 0 fully saturated rings. The molecule has 0 aliphatic rings. The molecule has 2 N–H and O–H groups in total. The lowest BCUT2D eigenvalue weighted by Crippen LogP contribution is -2.28. The molecule has 0 atom stereocenters. The van der Waals surface area contributed by atoms with Gasteiger partial charge in [0.1, 0.15) is 0 Å². The van der Waals surface area contributed by atoms with Crippen LogP contribution in [0.4, 0.5) is 10.5 Å². The number of pyridine rings is 1. The normalized spacial score (nSPS) is 10.5. The minimum Gasteiger partial charge on any atom is -0.334 e. The van der Waals surface area contributed by atoms with Gasteiger partial charge in [0, 0.05) is 24.0 Å². The molecule has 0 aliphatic carbocycles. The smallest absolute Gasteiger partial charge is 0.319 e. The number of hydrogen-bond acceptors (Lipinski definition) is 2. The molecular formula is C16H16N4O. The largest absolute Gasteiger partial charge is 0.334 e. The number of para-hydroxylation sites is 1. The van der Waals surface area contributed by atoms with Gasteiger partial charge in [0.15, 0.2) is 0 Å². The first kappa shape index (κ1) is 13.2. The molecular weight excluding hydrogens is 264 g/mol. The fraction of sp³-hybridized carbons (Fsp3) is 0.125.